The van der Waals surface area contributed by atoms with Crippen molar-refractivity contribution < 1.29 is 9.53 Å². The van der Waals surface area contributed by atoms with Crippen molar-refractivity contribution in [1.82, 2.24) is 4.98 Å². The fraction of sp³-hybridized carbons (Fsp3) is 0.158. The molecule has 0 fully saturated rings. The van der Waals surface area contributed by atoms with E-state index in [1.807, 2.05) is 29.6 Å². The van der Waals surface area contributed by atoms with Crippen molar-refractivity contribution in [2.45, 2.75) is 13.3 Å². The molecule has 26 heavy (non-hydrogen) atoms. The maximum atomic E-state index is 12.1. The third-order valence-electron chi connectivity index (χ3n) is 3.66. The van der Waals surface area contributed by atoms with Gasteiger partial charge in [-0.05, 0) is 46.1 Å². The number of ether oxygens (including phenoxy) is 1. The van der Waals surface area contributed by atoms with Gasteiger partial charge in [0, 0.05) is 15.4 Å². The van der Waals surface area contributed by atoms with Crippen LogP contribution in [-0.2, 0) is 11.2 Å². The van der Waals surface area contributed by atoms with Crippen LogP contribution in [0, 0.1) is 0 Å². The number of thiazole rings is 1. The van der Waals surface area contributed by atoms with Gasteiger partial charge in [0.2, 0.25) is 0 Å². The lowest BCUT2D eigenvalue weighted by atomic mass is 10.1. The molecule has 3 rings (SSSR count). The van der Waals surface area contributed by atoms with E-state index in [1.54, 1.807) is 6.07 Å². The molecule has 0 bridgehead atoms. The number of halogens is 2. The van der Waals surface area contributed by atoms with Gasteiger partial charge < -0.3 is 4.74 Å². The molecule has 134 valence electrons. The van der Waals surface area contributed by atoms with E-state index in [0.717, 1.165) is 26.6 Å². The number of amides is 1. The quantitative estimate of drug-likeness (QED) is 0.462. The molecule has 0 radical (unpaired) electrons. The van der Waals surface area contributed by atoms with Crippen molar-refractivity contribution in [2.24, 2.45) is 0 Å². The second kappa shape index (κ2) is 8.79. The van der Waals surface area contributed by atoms with Crippen molar-refractivity contribution in [1.29, 1.82) is 0 Å². The van der Waals surface area contributed by atoms with Crippen LogP contribution in [0.25, 0.3) is 11.3 Å². The smallest absolute Gasteiger partial charge is 0.264 e. The highest BCUT2D eigenvalue weighted by Crippen LogP contribution is 2.28. The Morgan fingerprint density at radius 1 is 1.19 bits per heavy atom. The molecule has 0 saturated carbocycles. The van der Waals surface area contributed by atoms with Crippen LogP contribution in [0.3, 0.4) is 0 Å². The summed E-state index contributed by atoms with van der Waals surface area (Å²) in [5, 5.41) is 5.27. The van der Waals surface area contributed by atoms with E-state index in [4.69, 9.17) is 4.74 Å². The minimum atomic E-state index is -0.248. The Bertz CT molecular complexity index is 910. The Morgan fingerprint density at radius 3 is 2.65 bits per heavy atom. The summed E-state index contributed by atoms with van der Waals surface area (Å²) in [6, 6.07) is 13.8. The van der Waals surface area contributed by atoms with E-state index < -0.39 is 0 Å². The minimum Gasteiger partial charge on any atom is -0.483 e. The second-order valence-corrected chi connectivity index (χ2v) is 8.13. The highest BCUT2D eigenvalue weighted by molar-refractivity contribution is 9.11. The molecule has 1 aromatic heterocycles. The van der Waals surface area contributed by atoms with Crippen molar-refractivity contribution in [2.75, 3.05) is 11.9 Å². The van der Waals surface area contributed by atoms with Gasteiger partial charge in [-0.3, -0.25) is 10.1 Å². The number of hydrogen-bond acceptors (Lipinski definition) is 4. The number of aryl methyl sites for hydroxylation is 1. The average molecular weight is 496 g/mol. The lowest BCUT2D eigenvalue weighted by Gasteiger charge is -2.08. The Labute approximate surface area is 172 Å². The third kappa shape index (κ3) is 4.93. The molecular formula is C19H16Br2N2O2S. The molecule has 0 aliphatic rings. The largest absolute Gasteiger partial charge is 0.483 e. The zero-order chi connectivity index (χ0) is 18.5. The molecular weight excluding hydrogens is 480 g/mol. The van der Waals surface area contributed by atoms with Crippen LogP contribution < -0.4 is 10.1 Å². The zero-order valence-corrected chi connectivity index (χ0v) is 17.9. The molecule has 4 nitrogen and oxygen atoms in total. The van der Waals surface area contributed by atoms with E-state index in [9.17, 15) is 4.79 Å². The molecule has 2 aromatic carbocycles. The summed E-state index contributed by atoms with van der Waals surface area (Å²) < 4.78 is 7.26. The zero-order valence-electron chi connectivity index (χ0n) is 14.0. The van der Waals surface area contributed by atoms with Gasteiger partial charge >= 0.3 is 0 Å². The average Bonchev–Trinajstić information content (AvgIpc) is 3.09. The summed E-state index contributed by atoms with van der Waals surface area (Å²) in [4.78, 5) is 16.6. The van der Waals surface area contributed by atoms with Crippen LogP contribution in [0.15, 0.2) is 56.8 Å². The first-order chi connectivity index (χ1) is 12.5. The summed E-state index contributed by atoms with van der Waals surface area (Å²) in [6.45, 7) is 2.04. The molecule has 3 aromatic rings. The summed E-state index contributed by atoms with van der Waals surface area (Å²) in [5.41, 5.74) is 3.17. The number of carbonyl (C=O) groups excluding carboxylic acids is 1. The molecule has 0 unspecified atom stereocenters. The number of hydrogen-bond donors (Lipinski definition) is 1. The topological polar surface area (TPSA) is 51.2 Å². The number of rotatable bonds is 6. The van der Waals surface area contributed by atoms with Gasteiger partial charge in [0.15, 0.2) is 11.7 Å². The normalized spacial score (nSPS) is 10.6. The van der Waals surface area contributed by atoms with E-state index in [-0.39, 0.29) is 12.5 Å². The fourth-order valence-corrected chi connectivity index (χ4v) is 4.16. The van der Waals surface area contributed by atoms with E-state index >= 15 is 0 Å². The van der Waals surface area contributed by atoms with Gasteiger partial charge in [0.05, 0.1) is 10.2 Å². The second-order valence-electron chi connectivity index (χ2n) is 5.50. The number of nitrogens with one attached hydrogen (secondary N) is 1. The molecule has 0 atom stereocenters. The first kappa shape index (κ1) is 19.1. The summed E-state index contributed by atoms with van der Waals surface area (Å²) in [5.74, 6) is 0.362. The first-order valence-electron chi connectivity index (χ1n) is 7.97. The summed E-state index contributed by atoms with van der Waals surface area (Å²) >= 11 is 8.18. The van der Waals surface area contributed by atoms with Crippen LogP contribution >= 0.6 is 43.2 Å². The van der Waals surface area contributed by atoms with Crippen molar-refractivity contribution in [3.8, 4) is 17.0 Å². The van der Waals surface area contributed by atoms with Crippen molar-refractivity contribution in [3.05, 3.63) is 62.4 Å². The third-order valence-corrected chi connectivity index (χ3v) is 5.53. The van der Waals surface area contributed by atoms with Gasteiger partial charge in [0.1, 0.15) is 5.75 Å². The van der Waals surface area contributed by atoms with Gasteiger partial charge in [-0.15, -0.1) is 11.3 Å². The number of nitrogens with zero attached hydrogens (tertiary/aromatic N) is 1. The van der Waals surface area contributed by atoms with Gasteiger partial charge in [0.25, 0.3) is 5.91 Å². The van der Waals surface area contributed by atoms with Gasteiger partial charge in [-0.2, -0.15) is 0 Å². The van der Waals surface area contributed by atoms with E-state index in [2.05, 4.69) is 61.2 Å². The Kier molecular flexibility index (Phi) is 6.45. The number of carbonyl (C=O) groups is 1. The molecule has 7 heteroatoms. The predicted molar refractivity (Wildman–Crippen MR) is 113 cm³/mol. The molecule has 0 aliphatic carbocycles. The Morgan fingerprint density at radius 2 is 1.96 bits per heavy atom. The van der Waals surface area contributed by atoms with E-state index in [0.29, 0.717) is 10.9 Å². The lowest BCUT2D eigenvalue weighted by molar-refractivity contribution is -0.118. The van der Waals surface area contributed by atoms with Gasteiger partial charge in [-0.25, -0.2) is 4.98 Å². The minimum absolute atomic E-state index is 0.0830. The van der Waals surface area contributed by atoms with Crippen molar-refractivity contribution in [3.63, 3.8) is 0 Å². The maximum Gasteiger partial charge on any atom is 0.264 e. The predicted octanol–water partition coefficient (Wildman–Crippen LogP) is 5.92. The molecule has 1 heterocycles. The van der Waals surface area contributed by atoms with Crippen LogP contribution in [0.1, 0.15) is 12.5 Å². The van der Waals surface area contributed by atoms with Gasteiger partial charge in [-0.1, -0.05) is 47.1 Å². The lowest BCUT2D eigenvalue weighted by Crippen LogP contribution is -2.20. The number of anilines is 1. The maximum absolute atomic E-state index is 12.1. The molecule has 0 spiro atoms. The Balaban J connectivity index is 1.58. The van der Waals surface area contributed by atoms with Crippen LogP contribution in [0.2, 0.25) is 0 Å². The van der Waals surface area contributed by atoms with E-state index in [1.165, 1.54) is 16.9 Å². The summed E-state index contributed by atoms with van der Waals surface area (Å²) in [7, 11) is 0. The fourth-order valence-electron chi connectivity index (χ4n) is 2.27. The molecule has 0 aliphatic heterocycles. The SMILES string of the molecule is CCc1ccc(-c2csc(NC(=O)COc3ccc(Br)cc3Br)n2)cc1. The highest BCUT2D eigenvalue weighted by Gasteiger charge is 2.10. The summed E-state index contributed by atoms with van der Waals surface area (Å²) in [6.07, 6.45) is 1.01. The highest BCUT2D eigenvalue weighted by atomic mass is 79.9. The Hall–Kier alpha value is -1.70. The number of aromatic nitrogens is 1. The monoisotopic (exact) mass is 494 g/mol. The molecule has 1 N–H and O–H groups in total. The number of benzene rings is 2. The molecule has 1 amide bonds. The standard InChI is InChI=1S/C19H16Br2N2O2S/c1-2-12-3-5-13(6-4-12)16-11-26-19(22-16)23-18(24)10-25-17-8-7-14(20)9-15(17)21/h3-9,11H,2,10H2,1H3,(H,22,23,24). The van der Waals surface area contributed by atoms with Crippen LogP contribution in [0.5, 0.6) is 5.75 Å². The van der Waals surface area contributed by atoms with Crippen LogP contribution in [0.4, 0.5) is 5.13 Å². The van der Waals surface area contributed by atoms with Crippen LogP contribution in [-0.4, -0.2) is 17.5 Å². The molecule has 0 saturated heterocycles. The van der Waals surface area contributed by atoms with Crippen molar-refractivity contribution >= 4 is 54.2 Å². The first-order valence-corrected chi connectivity index (χ1v) is 10.4.